The van der Waals surface area contributed by atoms with E-state index in [1.54, 1.807) is 18.2 Å². The summed E-state index contributed by atoms with van der Waals surface area (Å²) in [4.78, 5) is 7.55. The zero-order chi connectivity index (χ0) is 24.5. The van der Waals surface area contributed by atoms with Gasteiger partial charge in [0.2, 0.25) is 0 Å². The number of amidine groups is 1. The molecule has 35 heavy (non-hydrogen) atoms. The zero-order valence-corrected chi connectivity index (χ0v) is 20.2. The van der Waals surface area contributed by atoms with Crippen molar-refractivity contribution in [1.82, 2.24) is 10.1 Å². The van der Waals surface area contributed by atoms with Crippen molar-refractivity contribution in [2.24, 2.45) is 4.99 Å². The van der Waals surface area contributed by atoms with Crippen molar-refractivity contribution in [3.8, 4) is 0 Å². The van der Waals surface area contributed by atoms with Crippen LogP contribution in [-0.4, -0.2) is 38.9 Å². The lowest BCUT2D eigenvalue weighted by molar-refractivity contribution is 0.302. The molecule has 2 aliphatic rings. The van der Waals surface area contributed by atoms with Crippen LogP contribution in [0.3, 0.4) is 0 Å². The molecule has 182 valence electrons. The fraction of sp³-hybridized carbons (Fsp3) is 0.308. The van der Waals surface area contributed by atoms with Gasteiger partial charge in [-0.2, -0.15) is 0 Å². The number of fused-ring (bicyclic) bond motifs is 1. The van der Waals surface area contributed by atoms with Crippen LogP contribution in [0, 0.1) is 11.6 Å². The number of anilines is 1. The number of hydrogen-bond donors (Lipinski definition) is 1. The first-order chi connectivity index (χ1) is 16.9. The van der Waals surface area contributed by atoms with Crippen molar-refractivity contribution in [3.05, 3.63) is 82.7 Å². The summed E-state index contributed by atoms with van der Waals surface area (Å²) in [6, 6.07) is 10.6. The Bertz CT molecular complexity index is 1350. The SMILES string of the molecule is C=C1CCS(=O)/C1=C(/N=C(C)N1CCC(c2noc3ccc(F)cc23)CC1)Nc1cccc(F)c1. The largest absolute Gasteiger partial charge is 0.360 e. The van der Waals surface area contributed by atoms with Gasteiger partial charge in [0, 0.05) is 35.8 Å². The van der Waals surface area contributed by atoms with Crippen LogP contribution >= 0.6 is 0 Å². The topological polar surface area (TPSA) is 70.7 Å². The Morgan fingerprint density at radius 2 is 1.97 bits per heavy atom. The summed E-state index contributed by atoms with van der Waals surface area (Å²) < 4.78 is 45.6. The third-order valence-corrected chi connectivity index (χ3v) is 8.03. The highest BCUT2D eigenvalue weighted by atomic mass is 32.2. The molecular formula is C26H26F2N4O2S. The number of benzene rings is 2. The number of piperidine rings is 1. The summed E-state index contributed by atoms with van der Waals surface area (Å²) in [6.45, 7) is 7.44. The Labute approximate surface area is 204 Å². The Hall–Kier alpha value is -3.33. The van der Waals surface area contributed by atoms with E-state index in [1.165, 1.54) is 24.3 Å². The van der Waals surface area contributed by atoms with E-state index < -0.39 is 10.8 Å². The van der Waals surface area contributed by atoms with E-state index in [1.807, 2.05) is 6.92 Å². The van der Waals surface area contributed by atoms with Gasteiger partial charge in [0.25, 0.3) is 0 Å². The fourth-order valence-electron chi connectivity index (χ4n) is 4.64. The fourth-order valence-corrected chi connectivity index (χ4v) is 6.01. The van der Waals surface area contributed by atoms with Gasteiger partial charge in [0.1, 0.15) is 23.3 Å². The van der Waals surface area contributed by atoms with Gasteiger partial charge in [0.05, 0.1) is 21.4 Å². The van der Waals surface area contributed by atoms with Gasteiger partial charge < -0.3 is 14.7 Å². The number of nitrogens with one attached hydrogen (secondary N) is 1. The standard InChI is InChI=1S/C26H26F2N4O2S/c1-16-10-13-35(33)25(16)26(30-21-5-3-4-19(27)14-21)29-17(2)32-11-8-18(9-12-32)24-22-15-20(28)6-7-23(22)34-31-24/h3-7,14-15,18,30H,1,8-13H2,2H3/b26-25-,29-17?. The molecular weight excluding hydrogens is 470 g/mol. The summed E-state index contributed by atoms with van der Waals surface area (Å²) in [6.07, 6.45) is 2.27. The molecule has 3 aromatic rings. The second-order valence-corrected chi connectivity index (χ2v) is 10.4. The van der Waals surface area contributed by atoms with Crippen molar-refractivity contribution in [1.29, 1.82) is 0 Å². The molecule has 1 N–H and O–H groups in total. The molecule has 2 fully saturated rings. The predicted octanol–water partition coefficient (Wildman–Crippen LogP) is 5.69. The molecule has 0 saturated carbocycles. The van der Waals surface area contributed by atoms with Crippen LogP contribution in [0.2, 0.25) is 0 Å². The molecule has 6 nitrogen and oxygen atoms in total. The number of halogens is 2. The monoisotopic (exact) mass is 496 g/mol. The van der Waals surface area contributed by atoms with E-state index in [2.05, 4.69) is 22.0 Å². The number of likely N-dealkylation sites (tertiary alicyclic amines) is 1. The first-order valence-corrected chi connectivity index (χ1v) is 12.9. The lowest BCUT2D eigenvalue weighted by atomic mass is 9.91. The Balaban J connectivity index is 1.36. The molecule has 5 rings (SSSR count). The van der Waals surface area contributed by atoms with Crippen molar-refractivity contribution in [2.45, 2.75) is 32.1 Å². The van der Waals surface area contributed by atoms with E-state index in [0.717, 1.165) is 48.4 Å². The maximum Gasteiger partial charge on any atom is 0.167 e. The highest BCUT2D eigenvalue weighted by molar-refractivity contribution is 7.89. The molecule has 3 heterocycles. The molecule has 2 saturated heterocycles. The highest BCUT2D eigenvalue weighted by Crippen LogP contribution is 2.34. The third-order valence-electron chi connectivity index (χ3n) is 6.51. The molecule has 2 aromatic carbocycles. The zero-order valence-electron chi connectivity index (χ0n) is 19.4. The first kappa shape index (κ1) is 23.4. The molecule has 0 bridgehead atoms. The summed E-state index contributed by atoms with van der Waals surface area (Å²) >= 11 is 0. The number of aromatic nitrogens is 1. The van der Waals surface area contributed by atoms with Gasteiger partial charge in [-0.25, -0.2) is 13.8 Å². The van der Waals surface area contributed by atoms with Gasteiger partial charge >= 0.3 is 0 Å². The molecule has 1 atom stereocenters. The number of rotatable bonds is 4. The number of nitrogens with zero attached hydrogens (tertiary/aromatic N) is 3. The Morgan fingerprint density at radius 3 is 2.69 bits per heavy atom. The van der Waals surface area contributed by atoms with Crippen LogP contribution < -0.4 is 5.32 Å². The molecule has 0 amide bonds. The normalized spacial score (nSPS) is 21.1. The van der Waals surface area contributed by atoms with Gasteiger partial charge in [-0.05, 0) is 68.2 Å². The minimum atomic E-state index is -1.21. The number of allylic oxidation sites excluding steroid dienone is 1. The predicted molar refractivity (Wildman–Crippen MR) is 134 cm³/mol. The molecule has 1 aromatic heterocycles. The van der Waals surface area contributed by atoms with E-state index in [9.17, 15) is 13.0 Å². The van der Waals surface area contributed by atoms with E-state index in [4.69, 9.17) is 9.52 Å². The number of hydrogen-bond acceptors (Lipinski definition) is 5. The minimum absolute atomic E-state index is 0.160. The third kappa shape index (κ3) is 4.91. The van der Waals surface area contributed by atoms with Crippen molar-refractivity contribution in [3.63, 3.8) is 0 Å². The van der Waals surface area contributed by atoms with Crippen molar-refractivity contribution >= 4 is 33.3 Å². The van der Waals surface area contributed by atoms with Crippen LogP contribution in [0.15, 0.2) is 74.9 Å². The first-order valence-electron chi connectivity index (χ1n) is 11.6. The van der Waals surface area contributed by atoms with Crippen LogP contribution in [0.5, 0.6) is 0 Å². The minimum Gasteiger partial charge on any atom is -0.360 e. The summed E-state index contributed by atoms with van der Waals surface area (Å²) in [5, 5.41) is 8.11. The lowest BCUT2D eigenvalue weighted by Gasteiger charge is -2.32. The van der Waals surface area contributed by atoms with Crippen LogP contribution in [0.25, 0.3) is 11.0 Å². The maximum absolute atomic E-state index is 13.8. The highest BCUT2D eigenvalue weighted by Gasteiger charge is 2.28. The van der Waals surface area contributed by atoms with E-state index in [-0.39, 0.29) is 17.6 Å². The van der Waals surface area contributed by atoms with Crippen molar-refractivity contribution in [2.75, 3.05) is 24.2 Å². The van der Waals surface area contributed by atoms with E-state index in [0.29, 0.717) is 34.2 Å². The van der Waals surface area contributed by atoms with Crippen molar-refractivity contribution < 1.29 is 17.5 Å². The maximum atomic E-state index is 13.8. The van der Waals surface area contributed by atoms with Gasteiger partial charge in [0.15, 0.2) is 5.58 Å². The second-order valence-electron chi connectivity index (χ2n) is 8.84. The van der Waals surface area contributed by atoms with Crippen LogP contribution in [-0.2, 0) is 10.8 Å². The molecule has 9 heteroatoms. The lowest BCUT2D eigenvalue weighted by Crippen LogP contribution is -2.37. The van der Waals surface area contributed by atoms with Gasteiger partial charge in [-0.1, -0.05) is 17.8 Å². The molecule has 0 spiro atoms. The Kier molecular flexibility index (Phi) is 6.51. The quantitative estimate of drug-likeness (QED) is 0.371. The average Bonchev–Trinajstić information content (AvgIpc) is 3.41. The Morgan fingerprint density at radius 1 is 1.20 bits per heavy atom. The van der Waals surface area contributed by atoms with Gasteiger partial charge in [-0.3, -0.25) is 4.21 Å². The van der Waals surface area contributed by atoms with Gasteiger partial charge in [-0.15, -0.1) is 0 Å². The smallest absolute Gasteiger partial charge is 0.167 e. The molecule has 1 unspecified atom stereocenters. The average molecular weight is 497 g/mol. The number of aliphatic imine (C=N–C) groups is 1. The van der Waals surface area contributed by atoms with Crippen LogP contribution in [0.1, 0.15) is 37.8 Å². The van der Waals surface area contributed by atoms with Crippen LogP contribution in [0.4, 0.5) is 14.5 Å². The summed E-state index contributed by atoms with van der Waals surface area (Å²) in [7, 11) is -1.21. The summed E-state index contributed by atoms with van der Waals surface area (Å²) in [5.41, 5.74) is 2.69. The molecule has 0 aliphatic carbocycles. The molecule has 2 aliphatic heterocycles. The van der Waals surface area contributed by atoms with E-state index >= 15 is 0 Å². The summed E-state index contributed by atoms with van der Waals surface area (Å²) in [5.74, 6) is 1.20. The molecule has 0 radical (unpaired) electrons. The second kappa shape index (κ2) is 9.73.